The van der Waals surface area contributed by atoms with Crippen LogP contribution in [0.1, 0.15) is 265 Å². The maximum absolute atomic E-state index is 12.6. The predicted octanol–water partition coefficient (Wildman–Crippen LogP) is 15.1. The van der Waals surface area contributed by atoms with Gasteiger partial charge in [-0.1, -0.05) is 227 Å². The molecule has 0 saturated carbocycles. The number of esters is 3. The van der Waals surface area contributed by atoms with Crippen molar-refractivity contribution in [3.8, 4) is 0 Å². The molecule has 0 N–H and O–H groups in total. The van der Waals surface area contributed by atoms with Crippen molar-refractivity contribution in [3.05, 3.63) is 0 Å². The van der Waals surface area contributed by atoms with Gasteiger partial charge in [0.15, 0.2) is 6.10 Å². The van der Waals surface area contributed by atoms with Gasteiger partial charge in [0, 0.05) is 19.3 Å². The molecule has 0 unspecified atom stereocenters. The number of ether oxygens (including phenoxy) is 3. The molecule has 0 aromatic carbocycles. The Morgan fingerprint density at radius 3 is 0.907 bits per heavy atom. The van der Waals surface area contributed by atoms with Crippen molar-refractivity contribution in [2.45, 2.75) is 271 Å². The molecule has 6 heteroatoms. The minimum Gasteiger partial charge on any atom is -0.462 e. The molecular formula is C48H92O6. The van der Waals surface area contributed by atoms with Crippen molar-refractivity contribution in [2.24, 2.45) is 5.92 Å². The molecule has 0 spiro atoms. The van der Waals surface area contributed by atoms with Crippen molar-refractivity contribution in [2.75, 3.05) is 13.2 Å². The van der Waals surface area contributed by atoms with Crippen molar-refractivity contribution < 1.29 is 28.6 Å². The van der Waals surface area contributed by atoms with Gasteiger partial charge >= 0.3 is 17.9 Å². The van der Waals surface area contributed by atoms with Crippen LogP contribution in [0.3, 0.4) is 0 Å². The molecule has 0 fully saturated rings. The fourth-order valence-corrected chi connectivity index (χ4v) is 7.16. The van der Waals surface area contributed by atoms with Gasteiger partial charge in [-0.2, -0.15) is 0 Å². The molecule has 0 aliphatic carbocycles. The van der Waals surface area contributed by atoms with Gasteiger partial charge in [0.2, 0.25) is 0 Å². The predicted molar refractivity (Wildman–Crippen MR) is 229 cm³/mol. The summed E-state index contributed by atoms with van der Waals surface area (Å²) < 4.78 is 16.7. The Morgan fingerprint density at radius 2 is 0.611 bits per heavy atom. The highest BCUT2D eigenvalue weighted by Gasteiger charge is 2.19. The van der Waals surface area contributed by atoms with E-state index in [0.29, 0.717) is 19.3 Å². The molecule has 0 saturated heterocycles. The van der Waals surface area contributed by atoms with E-state index >= 15 is 0 Å². The molecule has 0 aliphatic heterocycles. The molecule has 0 aliphatic rings. The zero-order valence-electron chi connectivity index (χ0n) is 36.7. The van der Waals surface area contributed by atoms with Crippen molar-refractivity contribution >= 4 is 17.9 Å². The van der Waals surface area contributed by atoms with Gasteiger partial charge in [0.1, 0.15) is 13.2 Å². The van der Waals surface area contributed by atoms with Gasteiger partial charge in [-0.05, 0) is 25.2 Å². The van der Waals surface area contributed by atoms with E-state index in [1.54, 1.807) is 0 Å². The van der Waals surface area contributed by atoms with E-state index in [0.717, 1.165) is 63.7 Å². The highest BCUT2D eigenvalue weighted by atomic mass is 16.6. The SMILES string of the molecule is CCCCCCCCCCCCCCCCCCCCC(=O)OC[C@@H](COC(=O)CCCCCCCCCCC(C)C)OC(=O)CCCCCCCCC. The van der Waals surface area contributed by atoms with Crippen LogP contribution >= 0.6 is 0 Å². The second-order valence-corrected chi connectivity index (χ2v) is 16.9. The van der Waals surface area contributed by atoms with Crippen LogP contribution in [0.4, 0.5) is 0 Å². The Labute approximate surface area is 336 Å². The lowest BCUT2D eigenvalue weighted by Crippen LogP contribution is -2.30. The van der Waals surface area contributed by atoms with E-state index in [2.05, 4.69) is 27.7 Å². The second-order valence-electron chi connectivity index (χ2n) is 16.9. The Kier molecular flexibility index (Phi) is 41.3. The number of unbranched alkanes of at least 4 members (excludes halogenated alkanes) is 30. The standard InChI is InChI=1S/C48H92O6/c1-5-7-9-11-13-14-15-16-17-18-19-20-21-22-23-28-31-35-39-46(49)52-42-45(54-48(51)41-37-33-26-12-10-8-6-2)43-53-47(50)40-36-32-29-25-24-27-30-34-38-44(3)4/h44-45H,5-43H2,1-4H3/t45-/m0/s1. The van der Waals surface area contributed by atoms with Crippen LogP contribution in [0.2, 0.25) is 0 Å². The van der Waals surface area contributed by atoms with Gasteiger partial charge in [-0.3, -0.25) is 14.4 Å². The molecule has 0 rings (SSSR count). The first kappa shape index (κ1) is 52.4. The lowest BCUT2D eigenvalue weighted by molar-refractivity contribution is -0.167. The first-order valence-corrected chi connectivity index (χ1v) is 23.9. The molecule has 0 radical (unpaired) electrons. The largest absolute Gasteiger partial charge is 0.462 e. The third-order valence-corrected chi connectivity index (χ3v) is 10.8. The summed E-state index contributed by atoms with van der Waals surface area (Å²) in [5.41, 5.74) is 0. The summed E-state index contributed by atoms with van der Waals surface area (Å²) in [7, 11) is 0. The molecule has 0 aromatic heterocycles. The summed E-state index contributed by atoms with van der Waals surface area (Å²) in [5.74, 6) is -0.0635. The Balaban J connectivity index is 4.16. The molecule has 1 atom stereocenters. The first-order chi connectivity index (χ1) is 26.4. The van der Waals surface area contributed by atoms with Gasteiger partial charge in [0.25, 0.3) is 0 Å². The van der Waals surface area contributed by atoms with Crippen LogP contribution in [0.5, 0.6) is 0 Å². The minimum absolute atomic E-state index is 0.0644. The van der Waals surface area contributed by atoms with Gasteiger partial charge in [0.05, 0.1) is 0 Å². The Hall–Kier alpha value is -1.59. The van der Waals surface area contributed by atoms with Crippen LogP contribution in [0, 0.1) is 5.92 Å². The van der Waals surface area contributed by atoms with E-state index in [1.165, 1.54) is 161 Å². The molecule has 0 heterocycles. The summed E-state index contributed by atoms with van der Waals surface area (Å²) >= 11 is 0. The summed E-state index contributed by atoms with van der Waals surface area (Å²) in [5, 5.41) is 0. The molecular weight excluding hydrogens is 673 g/mol. The monoisotopic (exact) mass is 765 g/mol. The fraction of sp³-hybridized carbons (Fsp3) is 0.938. The topological polar surface area (TPSA) is 78.9 Å². The molecule has 54 heavy (non-hydrogen) atoms. The molecule has 0 bridgehead atoms. The first-order valence-electron chi connectivity index (χ1n) is 23.9. The maximum atomic E-state index is 12.6. The van der Waals surface area contributed by atoms with Gasteiger partial charge in [-0.15, -0.1) is 0 Å². The summed E-state index contributed by atoms with van der Waals surface area (Å²) in [6.07, 6.45) is 42.5. The van der Waals surface area contributed by atoms with E-state index in [-0.39, 0.29) is 31.1 Å². The van der Waals surface area contributed by atoms with Crippen LogP contribution in [-0.2, 0) is 28.6 Å². The number of hydrogen-bond donors (Lipinski definition) is 0. The Morgan fingerprint density at radius 1 is 0.352 bits per heavy atom. The highest BCUT2D eigenvalue weighted by Crippen LogP contribution is 2.16. The highest BCUT2D eigenvalue weighted by molar-refractivity contribution is 5.71. The molecule has 0 aromatic rings. The Bertz CT molecular complexity index is 811. The quantitative estimate of drug-likeness (QED) is 0.0349. The van der Waals surface area contributed by atoms with Crippen LogP contribution in [-0.4, -0.2) is 37.2 Å². The van der Waals surface area contributed by atoms with Crippen molar-refractivity contribution in [3.63, 3.8) is 0 Å². The third kappa shape index (κ3) is 41.6. The minimum atomic E-state index is -0.758. The average molecular weight is 765 g/mol. The summed E-state index contributed by atoms with van der Waals surface area (Å²) in [6.45, 7) is 8.93. The summed E-state index contributed by atoms with van der Waals surface area (Å²) in [4.78, 5) is 37.6. The average Bonchev–Trinajstić information content (AvgIpc) is 3.15. The van der Waals surface area contributed by atoms with Crippen molar-refractivity contribution in [1.29, 1.82) is 0 Å². The van der Waals surface area contributed by atoms with Crippen LogP contribution < -0.4 is 0 Å². The van der Waals surface area contributed by atoms with E-state index in [9.17, 15) is 14.4 Å². The molecule has 320 valence electrons. The number of rotatable bonds is 43. The van der Waals surface area contributed by atoms with Gasteiger partial charge in [-0.25, -0.2) is 0 Å². The lowest BCUT2D eigenvalue weighted by atomic mass is 10.0. The fourth-order valence-electron chi connectivity index (χ4n) is 7.16. The number of hydrogen-bond acceptors (Lipinski definition) is 6. The maximum Gasteiger partial charge on any atom is 0.306 e. The van der Waals surface area contributed by atoms with Crippen LogP contribution in [0.25, 0.3) is 0 Å². The zero-order chi connectivity index (χ0) is 39.6. The van der Waals surface area contributed by atoms with Gasteiger partial charge < -0.3 is 14.2 Å². The number of carbonyl (C=O) groups is 3. The van der Waals surface area contributed by atoms with E-state index < -0.39 is 6.10 Å². The molecule has 0 amide bonds. The lowest BCUT2D eigenvalue weighted by Gasteiger charge is -2.18. The zero-order valence-corrected chi connectivity index (χ0v) is 36.7. The van der Waals surface area contributed by atoms with E-state index in [1.807, 2.05) is 0 Å². The smallest absolute Gasteiger partial charge is 0.306 e. The summed E-state index contributed by atoms with van der Waals surface area (Å²) in [6, 6.07) is 0. The normalized spacial score (nSPS) is 11.9. The molecule has 6 nitrogen and oxygen atoms in total. The second kappa shape index (κ2) is 42.6. The number of carbonyl (C=O) groups excluding carboxylic acids is 3. The van der Waals surface area contributed by atoms with E-state index in [4.69, 9.17) is 14.2 Å². The van der Waals surface area contributed by atoms with Crippen molar-refractivity contribution in [1.82, 2.24) is 0 Å². The van der Waals surface area contributed by atoms with Crippen LogP contribution in [0.15, 0.2) is 0 Å². The third-order valence-electron chi connectivity index (χ3n) is 10.8.